The van der Waals surface area contributed by atoms with Crippen LogP contribution in [0, 0.1) is 0 Å². The van der Waals surface area contributed by atoms with Crippen LogP contribution in [0.2, 0.25) is 0 Å². The van der Waals surface area contributed by atoms with Crippen LogP contribution in [0.4, 0.5) is 0 Å². The second-order valence-corrected chi connectivity index (χ2v) is 7.63. The number of aliphatic imine (C=N–C) groups is 1. The van der Waals surface area contributed by atoms with Crippen molar-refractivity contribution in [3.8, 4) is 5.88 Å². The van der Waals surface area contributed by atoms with Gasteiger partial charge in [-0.25, -0.2) is 4.98 Å². The van der Waals surface area contributed by atoms with Crippen molar-refractivity contribution in [1.82, 2.24) is 20.5 Å². The first-order chi connectivity index (χ1) is 13.7. The SMILES string of the molecule is CCC(=O)N1CCC(NC(=NC)NCc2ccc(OC3CCCCC3)nc2)C1. The predicted octanol–water partition coefficient (Wildman–Crippen LogP) is 2.47. The fraction of sp³-hybridized carbons (Fsp3) is 0.667. The molecule has 1 aromatic heterocycles. The summed E-state index contributed by atoms with van der Waals surface area (Å²) in [4.78, 5) is 22.5. The highest BCUT2D eigenvalue weighted by atomic mass is 16.5. The molecule has 1 saturated heterocycles. The summed E-state index contributed by atoms with van der Waals surface area (Å²) in [5.74, 6) is 1.68. The Morgan fingerprint density at radius 1 is 1.29 bits per heavy atom. The lowest BCUT2D eigenvalue weighted by molar-refractivity contribution is -0.129. The Kier molecular flexibility index (Phi) is 7.51. The lowest BCUT2D eigenvalue weighted by atomic mass is 9.98. The molecule has 0 radical (unpaired) electrons. The van der Waals surface area contributed by atoms with Gasteiger partial charge >= 0.3 is 0 Å². The topological polar surface area (TPSA) is 78.9 Å². The van der Waals surface area contributed by atoms with Crippen molar-refractivity contribution in [1.29, 1.82) is 0 Å². The van der Waals surface area contributed by atoms with Gasteiger partial charge in [0.1, 0.15) is 6.10 Å². The quantitative estimate of drug-likeness (QED) is 0.579. The zero-order valence-corrected chi connectivity index (χ0v) is 17.1. The van der Waals surface area contributed by atoms with E-state index in [1.165, 1.54) is 19.3 Å². The molecule has 2 heterocycles. The molecule has 7 heteroatoms. The summed E-state index contributed by atoms with van der Waals surface area (Å²) in [7, 11) is 1.76. The van der Waals surface area contributed by atoms with Crippen molar-refractivity contribution in [3.63, 3.8) is 0 Å². The van der Waals surface area contributed by atoms with Gasteiger partial charge in [-0.15, -0.1) is 0 Å². The molecule has 0 bridgehead atoms. The average molecular weight is 388 g/mol. The molecular formula is C21H33N5O2. The predicted molar refractivity (Wildman–Crippen MR) is 110 cm³/mol. The van der Waals surface area contributed by atoms with E-state index in [4.69, 9.17) is 4.74 Å². The molecule has 1 aliphatic heterocycles. The molecule has 1 unspecified atom stereocenters. The lowest BCUT2D eigenvalue weighted by Crippen LogP contribution is -2.44. The van der Waals surface area contributed by atoms with Gasteiger partial charge in [0, 0.05) is 51.4 Å². The molecule has 2 aliphatic rings. The van der Waals surface area contributed by atoms with Gasteiger partial charge in [-0.3, -0.25) is 9.79 Å². The van der Waals surface area contributed by atoms with Crippen molar-refractivity contribution in [2.45, 2.75) is 70.6 Å². The second-order valence-electron chi connectivity index (χ2n) is 7.63. The van der Waals surface area contributed by atoms with Gasteiger partial charge in [0.2, 0.25) is 11.8 Å². The molecule has 2 N–H and O–H groups in total. The van der Waals surface area contributed by atoms with Gasteiger partial charge in [-0.2, -0.15) is 0 Å². The highest BCUT2D eigenvalue weighted by molar-refractivity contribution is 5.80. The van der Waals surface area contributed by atoms with Crippen LogP contribution in [-0.2, 0) is 11.3 Å². The molecule has 1 aromatic rings. The number of hydrogen-bond donors (Lipinski definition) is 2. The third kappa shape index (κ3) is 5.84. The van der Waals surface area contributed by atoms with Crippen molar-refractivity contribution < 1.29 is 9.53 Å². The molecule has 0 aromatic carbocycles. The maximum Gasteiger partial charge on any atom is 0.222 e. The van der Waals surface area contributed by atoms with Crippen LogP contribution in [0.25, 0.3) is 0 Å². The molecule has 0 spiro atoms. The van der Waals surface area contributed by atoms with Gasteiger partial charge in [0.15, 0.2) is 5.96 Å². The number of rotatable bonds is 6. The van der Waals surface area contributed by atoms with Crippen molar-refractivity contribution in [2.75, 3.05) is 20.1 Å². The number of nitrogens with one attached hydrogen (secondary N) is 2. The molecule has 28 heavy (non-hydrogen) atoms. The standard InChI is InChI=1S/C21H33N5O2/c1-3-20(27)26-12-11-17(15-26)25-21(22-2)24-14-16-9-10-19(23-13-16)28-18-7-5-4-6-8-18/h9-10,13,17-18H,3-8,11-12,14-15H2,1-2H3,(H2,22,24,25). The minimum atomic E-state index is 0.217. The van der Waals surface area contributed by atoms with Crippen molar-refractivity contribution >= 4 is 11.9 Å². The maximum absolute atomic E-state index is 11.8. The van der Waals surface area contributed by atoms with E-state index in [-0.39, 0.29) is 11.9 Å². The molecule has 2 fully saturated rings. The number of carbonyl (C=O) groups excluding carboxylic acids is 1. The first-order valence-electron chi connectivity index (χ1n) is 10.5. The molecule has 7 nitrogen and oxygen atoms in total. The van der Waals surface area contributed by atoms with E-state index in [1.54, 1.807) is 7.05 Å². The molecule has 1 amide bonds. The third-order valence-corrected chi connectivity index (χ3v) is 5.51. The van der Waals surface area contributed by atoms with Gasteiger partial charge in [-0.05, 0) is 37.7 Å². The number of nitrogens with zero attached hydrogens (tertiary/aromatic N) is 3. The Bertz CT molecular complexity index is 655. The van der Waals surface area contributed by atoms with Crippen LogP contribution in [0.1, 0.15) is 57.4 Å². The summed E-state index contributed by atoms with van der Waals surface area (Å²) in [6.45, 7) is 4.10. The van der Waals surface area contributed by atoms with Crippen LogP contribution < -0.4 is 15.4 Å². The Morgan fingerprint density at radius 3 is 2.79 bits per heavy atom. The second kappa shape index (κ2) is 10.3. The Hall–Kier alpha value is -2.31. The van der Waals surface area contributed by atoms with Crippen molar-refractivity contribution in [3.05, 3.63) is 23.9 Å². The Balaban J connectivity index is 1.43. The smallest absolute Gasteiger partial charge is 0.222 e. The van der Waals surface area contributed by atoms with E-state index in [0.717, 1.165) is 43.9 Å². The van der Waals surface area contributed by atoms with Gasteiger partial charge < -0.3 is 20.3 Å². The molecule has 154 valence electrons. The van der Waals surface area contributed by atoms with E-state index >= 15 is 0 Å². The average Bonchev–Trinajstić information content (AvgIpc) is 3.21. The molecule has 1 saturated carbocycles. The van der Waals surface area contributed by atoms with E-state index in [2.05, 4.69) is 20.6 Å². The molecule has 1 aliphatic carbocycles. The molecule has 1 atom stereocenters. The fourth-order valence-corrected chi connectivity index (χ4v) is 3.84. The Morgan fingerprint density at radius 2 is 2.11 bits per heavy atom. The summed E-state index contributed by atoms with van der Waals surface area (Å²) in [6.07, 6.45) is 9.78. The lowest BCUT2D eigenvalue weighted by Gasteiger charge is -2.22. The van der Waals surface area contributed by atoms with Gasteiger partial charge in [-0.1, -0.05) is 19.4 Å². The van der Waals surface area contributed by atoms with Gasteiger partial charge in [0.05, 0.1) is 0 Å². The van der Waals surface area contributed by atoms with E-state index in [0.29, 0.717) is 24.9 Å². The summed E-state index contributed by atoms with van der Waals surface area (Å²) >= 11 is 0. The summed E-state index contributed by atoms with van der Waals surface area (Å²) in [5, 5.41) is 6.74. The zero-order valence-electron chi connectivity index (χ0n) is 17.1. The zero-order chi connectivity index (χ0) is 19.8. The molecular weight excluding hydrogens is 354 g/mol. The van der Waals surface area contributed by atoms with E-state index < -0.39 is 0 Å². The summed E-state index contributed by atoms with van der Waals surface area (Å²) in [6, 6.07) is 4.24. The van der Waals surface area contributed by atoms with Crippen LogP contribution in [0.3, 0.4) is 0 Å². The number of ether oxygens (including phenoxy) is 1. The van der Waals surface area contributed by atoms with Gasteiger partial charge in [0.25, 0.3) is 0 Å². The number of amides is 1. The number of aromatic nitrogens is 1. The fourth-order valence-electron chi connectivity index (χ4n) is 3.84. The van der Waals surface area contributed by atoms with E-state index in [9.17, 15) is 4.79 Å². The number of guanidine groups is 1. The minimum Gasteiger partial charge on any atom is -0.474 e. The molecule has 3 rings (SSSR count). The largest absolute Gasteiger partial charge is 0.474 e. The van der Waals surface area contributed by atoms with Crippen LogP contribution in [0.15, 0.2) is 23.3 Å². The number of likely N-dealkylation sites (tertiary alicyclic amines) is 1. The van der Waals surface area contributed by atoms with Crippen LogP contribution in [0.5, 0.6) is 5.88 Å². The Labute approximate surface area is 168 Å². The van der Waals surface area contributed by atoms with E-state index in [1.807, 2.05) is 30.2 Å². The van der Waals surface area contributed by atoms with Crippen molar-refractivity contribution in [2.24, 2.45) is 4.99 Å². The number of hydrogen-bond acceptors (Lipinski definition) is 4. The number of carbonyl (C=O) groups is 1. The minimum absolute atomic E-state index is 0.217. The first-order valence-corrected chi connectivity index (χ1v) is 10.5. The first kappa shape index (κ1) is 20.4. The summed E-state index contributed by atoms with van der Waals surface area (Å²) in [5.41, 5.74) is 1.08. The van der Waals surface area contributed by atoms with Crippen LogP contribution in [-0.4, -0.2) is 54.0 Å². The number of pyridine rings is 1. The highest BCUT2D eigenvalue weighted by Crippen LogP contribution is 2.22. The summed E-state index contributed by atoms with van der Waals surface area (Å²) < 4.78 is 5.98. The highest BCUT2D eigenvalue weighted by Gasteiger charge is 2.25. The maximum atomic E-state index is 11.8. The third-order valence-electron chi connectivity index (χ3n) is 5.51. The normalized spacial score (nSPS) is 20.9. The monoisotopic (exact) mass is 387 g/mol. The van der Waals surface area contributed by atoms with Crippen LogP contribution >= 0.6 is 0 Å².